The van der Waals surface area contributed by atoms with Crippen molar-refractivity contribution in [1.82, 2.24) is 25.3 Å². The van der Waals surface area contributed by atoms with Crippen molar-refractivity contribution in [3.05, 3.63) is 72.1 Å². The monoisotopic (exact) mass is 453 g/mol. The third-order valence-corrected chi connectivity index (χ3v) is 5.94. The maximum Gasteiger partial charge on any atom is 0.251 e. The molecule has 5 N–H and O–H groups in total. The van der Waals surface area contributed by atoms with E-state index in [9.17, 15) is 4.79 Å². The van der Waals surface area contributed by atoms with Gasteiger partial charge in [0.25, 0.3) is 5.91 Å². The van der Waals surface area contributed by atoms with Crippen molar-refractivity contribution in [2.45, 2.75) is 13.8 Å². The molecule has 0 unspecified atom stereocenters. The predicted molar refractivity (Wildman–Crippen MR) is 137 cm³/mol. The third kappa shape index (κ3) is 4.17. The molecular weight excluding hydrogens is 426 g/mol. The van der Waals surface area contributed by atoms with E-state index in [1.165, 1.54) is 0 Å². The Morgan fingerprint density at radius 2 is 1.88 bits per heavy atom. The van der Waals surface area contributed by atoms with E-state index in [1.807, 2.05) is 55.5 Å². The number of carbonyl (C=O) groups excluding carboxylic acids is 1. The number of H-pyrrole nitrogens is 2. The first-order valence-electron chi connectivity index (χ1n) is 11.4. The fourth-order valence-electron chi connectivity index (χ4n) is 4.27. The van der Waals surface area contributed by atoms with E-state index in [0.29, 0.717) is 23.6 Å². The third-order valence-electron chi connectivity index (χ3n) is 5.94. The van der Waals surface area contributed by atoms with Gasteiger partial charge in [0, 0.05) is 53.0 Å². The summed E-state index contributed by atoms with van der Waals surface area (Å²) in [7, 11) is 0. The normalized spacial score (nSPS) is 11.2. The molecular formula is C26H27N7O. The first kappa shape index (κ1) is 21.5. The van der Waals surface area contributed by atoms with Gasteiger partial charge in [-0.1, -0.05) is 18.2 Å². The van der Waals surface area contributed by atoms with Crippen molar-refractivity contribution in [2.75, 3.05) is 30.3 Å². The number of aromatic nitrogens is 4. The average molecular weight is 454 g/mol. The van der Waals surface area contributed by atoms with Gasteiger partial charge < -0.3 is 25.9 Å². The van der Waals surface area contributed by atoms with Gasteiger partial charge in [0.15, 0.2) is 5.65 Å². The van der Waals surface area contributed by atoms with Crippen LogP contribution in [0.3, 0.4) is 0 Å². The molecule has 0 aliphatic rings. The lowest BCUT2D eigenvalue weighted by molar-refractivity contribution is 0.0955. The van der Waals surface area contributed by atoms with Gasteiger partial charge in [-0.3, -0.25) is 4.79 Å². The molecule has 1 amide bonds. The molecule has 172 valence electrons. The second-order valence-electron chi connectivity index (χ2n) is 8.27. The molecule has 0 atom stereocenters. The Morgan fingerprint density at radius 3 is 2.68 bits per heavy atom. The van der Waals surface area contributed by atoms with Crippen molar-refractivity contribution >= 4 is 39.5 Å². The molecule has 3 heterocycles. The second kappa shape index (κ2) is 8.90. The molecule has 0 fully saturated rings. The Kier molecular flexibility index (Phi) is 5.63. The van der Waals surface area contributed by atoms with Gasteiger partial charge >= 0.3 is 0 Å². The first-order valence-corrected chi connectivity index (χ1v) is 11.4. The molecule has 3 aromatic heterocycles. The van der Waals surface area contributed by atoms with Gasteiger partial charge in [-0.2, -0.15) is 0 Å². The van der Waals surface area contributed by atoms with Crippen molar-refractivity contribution in [3.63, 3.8) is 0 Å². The molecule has 0 saturated carbocycles. The van der Waals surface area contributed by atoms with E-state index in [0.717, 1.165) is 52.3 Å². The van der Waals surface area contributed by atoms with Crippen LogP contribution in [0.15, 0.2) is 60.7 Å². The van der Waals surface area contributed by atoms with Crippen LogP contribution in [0.2, 0.25) is 0 Å². The number of hydrogen-bond donors (Lipinski definition) is 4. The molecule has 5 rings (SSSR count). The van der Waals surface area contributed by atoms with Crippen molar-refractivity contribution in [3.8, 4) is 11.3 Å². The van der Waals surface area contributed by atoms with Crippen LogP contribution in [-0.4, -0.2) is 45.5 Å². The number of rotatable bonds is 7. The maximum absolute atomic E-state index is 12.8. The van der Waals surface area contributed by atoms with Gasteiger partial charge in [0.05, 0.1) is 5.52 Å². The number of aromatic amines is 2. The van der Waals surface area contributed by atoms with E-state index < -0.39 is 0 Å². The zero-order chi connectivity index (χ0) is 23.7. The summed E-state index contributed by atoms with van der Waals surface area (Å²) in [5.41, 5.74) is 11.9. The summed E-state index contributed by atoms with van der Waals surface area (Å²) in [4.78, 5) is 30.4. The molecule has 0 radical (unpaired) electrons. The Morgan fingerprint density at radius 1 is 1.06 bits per heavy atom. The van der Waals surface area contributed by atoms with Crippen LogP contribution in [-0.2, 0) is 0 Å². The number of nitrogens with zero attached hydrogens (tertiary/aromatic N) is 3. The van der Waals surface area contributed by atoms with Crippen LogP contribution in [0.5, 0.6) is 0 Å². The number of aryl methyl sites for hydroxylation is 1. The molecule has 0 aliphatic carbocycles. The molecule has 34 heavy (non-hydrogen) atoms. The lowest BCUT2D eigenvalue weighted by Gasteiger charge is -2.23. The van der Waals surface area contributed by atoms with Crippen LogP contribution in [0.1, 0.15) is 23.1 Å². The van der Waals surface area contributed by atoms with Crippen LogP contribution in [0, 0.1) is 6.92 Å². The first-order chi connectivity index (χ1) is 16.5. The summed E-state index contributed by atoms with van der Waals surface area (Å²) in [6, 6.07) is 19.7. The van der Waals surface area contributed by atoms with E-state index in [4.69, 9.17) is 5.73 Å². The molecule has 0 saturated heterocycles. The summed E-state index contributed by atoms with van der Waals surface area (Å²) in [5.74, 6) is 1.09. The fraction of sp³-hybridized carbons (Fsp3) is 0.192. The number of nitrogens with one attached hydrogen (secondary N) is 3. The zero-order valence-electron chi connectivity index (χ0n) is 19.2. The van der Waals surface area contributed by atoms with Gasteiger partial charge in [-0.05, 0) is 56.3 Å². The minimum absolute atomic E-state index is 0.0893. The Bertz CT molecular complexity index is 1470. The van der Waals surface area contributed by atoms with Gasteiger partial charge in [-0.25, -0.2) is 9.97 Å². The van der Waals surface area contributed by atoms with E-state index in [2.05, 4.69) is 49.2 Å². The number of nitrogens with two attached hydrogens (primary N) is 1. The second-order valence-corrected chi connectivity index (χ2v) is 8.27. The molecule has 5 aromatic rings. The predicted octanol–water partition coefficient (Wildman–Crippen LogP) is 4.25. The molecule has 8 heteroatoms. The van der Waals surface area contributed by atoms with Gasteiger partial charge in [0.1, 0.15) is 11.6 Å². The Hall–Kier alpha value is -4.33. The molecule has 2 aromatic carbocycles. The molecule has 8 nitrogen and oxygen atoms in total. The summed E-state index contributed by atoms with van der Waals surface area (Å²) in [5, 5.41) is 3.99. The summed E-state index contributed by atoms with van der Waals surface area (Å²) >= 11 is 0. The van der Waals surface area contributed by atoms with Crippen LogP contribution >= 0.6 is 0 Å². The number of fused-ring (bicyclic) bond motifs is 2. The minimum Gasteiger partial charge on any atom is -0.384 e. The average Bonchev–Trinajstić information content (AvgIpc) is 3.43. The van der Waals surface area contributed by atoms with Crippen molar-refractivity contribution in [1.29, 1.82) is 0 Å². The highest BCUT2D eigenvalue weighted by Crippen LogP contribution is 2.30. The SMILES string of the molecule is CCN(CCNC(=O)c1ccc2[nH]c(-c3cc(N)nc4nc(C)[nH]c34)cc2c1)c1ccccc1. The minimum atomic E-state index is -0.0893. The van der Waals surface area contributed by atoms with E-state index in [1.54, 1.807) is 0 Å². The Balaban J connectivity index is 1.34. The fourth-order valence-corrected chi connectivity index (χ4v) is 4.27. The highest BCUT2D eigenvalue weighted by Gasteiger charge is 2.14. The van der Waals surface area contributed by atoms with Crippen LogP contribution in [0.25, 0.3) is 33.3 Å². The highest BCUT2D eigenvalue weighted by atomic mass is 16.1. The number of benzene rings is 2. The summed E-state index contributed by atoms with van der Waals surface area (Å²) in [6.45, 7) is 6.18. The maximum atomic E-state index is 12.8. The standard InChI is InChI=1S/C26H27N7O/c1-3-33(19-7-5-4-6-8-19)12-11-28-26(34)17-9-10-21-18(13-17)14-22(31-21)20-15-23(27)32-25-24(20)29-16(2)30-25/h4-10,13-15,31H,3,11-12H2,1-2H3,(H,28,34)(H3,27,29,30,32). The van der Waals surface area contributed by atoms with Crippen LogP contribution < -0.4 is 16.0 Å². The smallest absolute Gasteiger partial charge is 0.251 e. The largest absolute Gasteiger partial charge is 0.384 e. The lowest BCUT2D eigenvalue weighted by atomic mass is 10.1. The lowest BCUT2D eigenvalue weighted by Crippen LogP contribution is -2.34. The van der Waals surface area contributed by atoms with E-state index >= 15 is 0 Å². The van der Waals surface area contributed by atoms with Gasteiger partial charge in [-0.15, -0.1) is 0 Å². The number of anilines is 2. The highest BCUT2D eigenvalue weighted by molar-refractivity contribution is 6.00. The topological polar surface area (TPSA) is 116 Å². The number of carbonyl (C=O) groups is 1. The van der Waals surface area contributed by atoms with Crippen molar-refractivity contribution in [2.24, 2.45) is 0 Å². The van der Waals surface area contributed by atoms with E-state index in [-0.39, 0.29) is 5.91 Å². The quantitative estimate of drug-likeness (QED) is 0.294. The summed E-state index contributed by atoms with van der Waals surface area (Å²) in [6.07, 6.45) is 0. The van der Waals surface area contributed by atoms with Crippen molar-refractivity contribution < 1.29 is 4.79 Å². The number of likely N-dealkylation sites (N-methyl/N-ethyl adjacent to an activating group) is 1. The number of para-hydroxylation sites is 1. The number of pyridine rings is 1. The number of hydrogen-bond acceptors (Lipinski definition) is 5. The number of nitrogen functional groups attached to an aromatic ring is 1. The molecule has 0 spiro atoms. The molecule has 0 bridgehead atoms. The summed E-state index contributed by atoms with van der Waals surface area (Å²) < 4.78 is 0. The zero-order valence-corrected chi connectivity index (χ0v) is 19.2. The molecule has 0 aliphatic heterocycles. The van der Waals surface area contributed by atoms with Crippen LogP contribution in [0.4, 0.5) is 11.5 Å². The number of imidazole rings is 1. The number of amides is 1. The Labute approximate surface area is 197 Å². The van der Waals surface area contributed by atoms with Gasteiger partial charge in [0.2, 0.25) is 0 Å².